The third-order valence-corrected chi connectivity index (χ3v) is 5.45. The summed E-state index contributed by atoms with van der Waals surface area (Å²) >= 11 is 0. The normalized spacial score (nSPS) is 20.6. The molecule has 0 fully saturated rings. The predicted molar refractivity (Wildman–Crippen MR) is 120 cm³/mol. The number of nitrogens with one attached hydrogen (secondary N) is 2. The lowest BCUT2D eigenvalue weighted by Gasteiger charge is -2.39. The second-order valence-corrected chi connectivity index (χ2v) is 8.27. The number of amidine groups is 1. The van der Waals surface area contributed by atoms with E-state index in [2.05, 4.69) is 15.6 Å². The molecule has 0 unspecified atom stereocenters. The van der Waals surface area contributed by atoms with Crippen LogP contribution in [0, 0.1) is 5.82 Å². The van der Waals surface area contributed by atoms with Crippen LogP contribution in [0.5, 0.6) is 0 Å². The largest absolute Gasteiger partial charge is 0.450 e. The van der Waals surface area contributed by atoms with Crippen molar-refractivity contribution >= 4 is 17.8 Å². The van der Waals surface area contributed by atoms with Crippen molar-refractivity contribution in [3.63, 3.8) is 0 Å². The summed E-state index contributed by atoms with van der Waals surface area (Å²) < 4.78 is 80.9. The standard InChI is InChI=1S/C24H24F5N3O4/c1-14(12-35-2)30-21(34)16-8-9-18(26)17(10-16)23(13-25)11-19(24(27,28)29)31-22(36-23)32-20(33)15-6-4-3-5-7-15/h3-10,14,19H,11-13H2,1-2H3,(H,30,34)(H,31,32,33)/t14-,19-,23+/m0/s1. The molecule has 0 spiro atoms. The number of methoxy groups -OCH3 is 1. The molecule has 3 rings (SSSR count). The Morgan fingerprint density at radius 2 is 1.86 bits per heavy atom. The van der Waals surface area contributed by atoms with Gasteiger partial charge in [0.15, 0.2) is 11.6 Å². The molecule has 0 bridgehead atoms. The van der Waals surface area contributed by atoms with E-state index in [9.17, 15) is 31.5 Å². The number of halogens is 5. The van der Waals surface area contributed by atoms with Crippen molar-refractivity contribution in [1.82, 2.24) is 10.6 Å². The first-order valence-electron chi connectivity index (χ1n) is 10.8. The van der Waals surface area contributed by atoms with Crippen LogP contribution < -0.4 is 10.6 Å². The van der Waals surface area contributed by atoms with Gasteiger partial charge in [-0.2, -0.15) is 13.2 Å². The number of hydrogen-bond acceptors (Lipinski definition) is 5. The van der Waals surface area contributed by atoms with Crippen molar-refractivity contribution < 1.29 is 41.0 Å². The highest BCUT2D eigenvalue weighted by Crippen LogP contribution is 2.41. The Labute approximate surface area is 203 Å². The topological polar surface area (TPSA) is 89.0 Å². The number of aliphatic imine (C=N–C) groups is 1. The van der Waals surface area contributed by atoms with Crippen molar-refractivity contribution in [3.05, 3.63) is 71.0 Å². The zero-order chi connectivity index (χ0) is 26.5. The number of rotatable bonds is 7. The van der Waals surface area contributed by atoms with Gasteiger partial charge in [-0.15, -0.1) is 0 Å². The van der Waals surface area contributed by atoms with Crippen LogP contribution in [-0.2, 0) is 15.1 Å². The van der Waals surface area contributed by atoms with Gasteiger partial charge in [0.05, 0.1) is 6.61 Å². The highest BCUT2D eigenvalue weighted by Gasteiger charge is 2.52. The fourth-order valence-electron chi connectivity index (χ4n) is 3.69. The molecule has 2 N–H and O–H groups in total. The number of carbonyl (C=O) groups is 2. The van der Waals surface area contributed by atoms with Gasteiger partial charge in [0, 0.05) is 36.3 Å². The molecular formula is C24H24F5N3O4. The van der Waals surface area contributed by atoms with Crippen molar-refractivity contribution in [3.8, 4) is 0 Å². The molecule has 1 aliphatic heterocycles. The Bertz CT molecular complexity index is 1130. The molecule has 0 saturated carbocycles. The van der Waals surface area contributed by atoms with Crippen molar-refractivity contribution in [1.29, 1.82) is 0 Å². The van der Waals surface area contributed by atoms with Crippen molar-refractivity contribution in [2.24, 2.45) is 4.99 Å². The third kappa shape index (κ3) is 6.17. The summed E-state index contributed by atoms with van der Waals surface area (Å²) in [7, 11) is 1.43. The van der Waals surface area contributed by atoms with Crippen LogP contribution in [0.25, 0.3) is 0 Å². The lowest BCUT2D eigenvalue weighted by Crippen LogP contribution is -2.51. The molecule has 2 aromatic rings. The summed E-state index contributed by atoms with van der Waals surface area (Å²) in [5, 5.41) is 4.68. The number of ether oxygens (including phenoxy) is 2. The molecule has 0 radical (unpaired) electrons. The van der Waals surface area contributed by atoms with Crippen LogP contribution in [0.4, 0.5) is 22.0 Å². The molecule has 7 nitrogen and oxygen atoms in total. The summed E-state index contributed by atoms with van der Waals surface area (Å²) in [4.78, 5) is 28.5. The predicted octanol–water partition coefficient (Wildman–Crippen LogP) is 3.89. The molecule has 2 amide bonds. The fourth-order valence-corrected chi connectivity index (χ4v) is 3.69. The summed E-state index contributed by atoms with van der Waals surface area (Å²) in [6.45, 7) is 0.221. The molecule has 12 heteroatoms. The van der Waals surface area contributed by atoms with E-state index in [1.807, 2.05) is 0 Å². The average Bonchev–Trinajstić information content (AvgIpc) is 2.84. The maximum Gasteiger partial charge on any atom is 0.411 e. The first kappa shape index (κ1) is 27.1. The zero-order valence-electron chi connectivity index (χ0n) is 19.4. The van der Waals surface area contributed by atoms with E-state index in [-0.39, 0.29) is 17.7 Å². The van der Waals surface area contributed by atoms with Crippen LogP contribution >= 0.6 is 0 Å². The Balaban J connectivity index is 1.98. The van der Waals surface area contributed by atoms with E-state index in [0.717, 1.165) is 18.2 Å². The summed E-state index contributed by atoms with van der Waals surface area (Å²) in [5.41, 5.74) is -3.18. The van der Waals surface area contributed by atoms with Crippen molar-refractivity contribution in [2.75, 3.05) is 20.4 Å². The van der Waals surface area contributed by atoms with E-state index >= 15 is 0 Å². The van der Waals surface area contributed by atoms with Gasteiger partial charge in [0.25, 0.3) is 17.8 Å². The zero-order valence-corrected chi connectivity index (χ0v) is 19.4. The number of amides is 2. The highest BCUT2D eigenvalue weighted by molar-refractivity contribution is 6.04. The highest BCUT2D eigenvalue weighted by atomic mass is 19.4. The molecule has 1 aliphatic rings. The SMILES string of the molecule is COC[C@H](C)NC(=O)c1ccc(F)c([C@]2(CF)C[C@@H](C(F)(F)F)N=C(NC(=O)c3ccccc3)O2)c1. The van der Waals surface area contributed by atoms with Gasteiger partial charge in [0.2, 0.25) is 0 Å². The molecule has 3 atom stereocenters. The minimum atomic E-state index is -4.95. The fraction of sp³-hybridized carbons (Fsp3) is 0.375. The summed E-state index contributed by atoms with van der Waals surface area (Å²) in [6, 6.07) is 6.50. The Kier molecular flexibility index (Phi) is 8.28. The molecule has 0 aromatic heterocycles. The molecule has 36 heavy (non-hydrogen) atoms. The van der Waals surface area contributed by atoms with Crippen LogP contribution in [0.3, 0.4) is 0 Å². The van der Waals surface area contributed by atoms with Gasteiger partial charge >= 0.3 is 6.18 Å². The van der Waals surface area contributed by atoms with Gasteiger partial charge in [-0.05, 0) is 37.3 Å². The van der Waals surface area contributed by atoms with Crippen LogP contribution in [-0.4, -0.2) is 56.5 Å². The van der Waals surface area contributed by atoms with Gasteiger partial charge in [0.1, 0.15) is 12.5 Å². The maximum atomic E-state index is 14.9. The number of benzene rings is 2. The minimum Gasteiger partial charge on any atom is -0.450 e. The van der Waals surface area contributed by atoms with Gasteiger partial charge in [-0.1, -0.05) is 18.2 Å². The molecule has 194 valence electrons. The number of carbonyl (C=O) groups excluding carboxylic acids is 2. The van der Waals surface area contributed by atoms with Crippen LogP contribution in [0.15, 0.2) is 53.5 Å². The Morgan fingerprint density at radius 1 is 1.17 bits per heavy atom. The quantitative estimate of drug-likeness (QED) is 0.550. The summed E-state index contributed by atoms with van der Waals surface area (Å²) in [6.07, 6.45) is -6.06. The minimum absolute atomic E-state index is 0.0822. The lowest BCUT2D eigenvalue weighted by molar-refractivity contribution is -0.167. The van der Waals surface area contributed by atoms with Gasteiger partial charge < -0.3 is 14.8 Å². The summed E-state index contributed by atoms with van der Waals surface area (Å²) in [5.74, 6) is -2.62. The molecular weight excluding hydrogens is 489 g/mol. The van der Waals surface area contributed by atoms with E-state index in [1.165, 1.54) is 31.4 Å². The van der Waals surface area contributed by atoms with Crippen molar-refractivity contribution in [2.45, 2.75) is 37.2 Å². The molecule has 0 saturated heterocycles. The monoisotopic (exact) mass is 513 g/mol. The van der Waals surface area contributed by atoms with Crippen LogP contribution in [0.2, 0.25) is 0 Å². The number of nitrogens with zero attached hydrogens (tertiary/aromatic N) is 1. The lowest BCUT2D eigenvalue weighted by atomic mass is 9.85. The number of hydrogen-bond donors (Lipinski definition) is 2. The smallest absolute Gasteiger partial charge is 0.411 e. The van der Waals surface area contributed by atoms with E-state index in [1.54, 1.807) is 13.0 Å². The van der Waals surface area contributed by atoms with E-state index in [0.29, 0.717) is 0 Å². The second kappa shape index (κ2) is 11.0. The molecule has 0 aliphatic carbocycles. The number of alkyl halides is 4. The Hall–Kier alpha value is -3.54. The average molecular weight is 513 g/mol. The third-order valence-electron chi connectivity index (χ3n) is 5.45. The second-order valence-electron chi connectivity index (χ2n) is 8.27. The molecule has 1 heterocycles. The van der Waals surface area contributed by atoms with Gasteiger partial charge in [-0.3, -0.25) is 14.9 Å². The maximum absolute atomic E-state index is 14.9. The van der Waals surface area contributed by atoms with Gasteiger partial charge in [-0.25, -0.2) is 13.8 Å². The molecule has 2 aromatic carbocycles. The van der Waals surface area contributed by atoms with Crippen LogP contribution in [0.1, 0.15) is 39.6 Å². The first-order chi connectivity index (χ1) is 17.0. The Morgan fingerprint density at radius 3 is 2.47 bits per heavy atom. The van der Waals surface area contributed by atoms with E-state index < -0.39 is 66.2 Å². The van der Waals surface area contributed by atoms with E-state index in [4.69, 9.17) is 9.47 Å². The first-order valence-corrected chi connectivity index (χ1v) is 10.8.